The van der Waals surface area contributed by atoms with E-state index in [2.05, 4.69) is 31.2 Å². The van der Waals surface area contributed by atoms with Gasteiger partial charge in [-0.1, -0.05) is 0 Å². The highest BCUT2D eigenvalue weighted by atomic mass is 79.9. The van der Waals surface area contributed by atoms with Gasteiger partial charge in [-0.3, -0.25) is 4.79 Å². The third kappa shape index (κ3) is 2.33. The summed E-state index contributed by atoms with van der Waals surface area (Å²) >= 11 is 3.16. The van der Waals surface area contributed by atoms with E-state index in [4.69, 9.17) is 4.42 Å². The monoisotopic (exact) mass is 283 g/mol. The first-order chi connectivity index (χ1) is 7.66. The van der Waals surface area contributed by atoms with Gasteiger partial charge in [-0.2, -0.15) is 0 Å². The van der Waals surface area contributed by atoms with Crippen molar-refractivity contribution in [2.45, 2.75) is 13.5 Å². The summed E-state index contributed by atoms with van der Waals surface area (Å²) in [5.74, 6) is 2.15. The third-order valence-corrected chi connectivity index (χ3v) is 2.76. The van der Waals surface area contributed by atoms with Crippen LogP contribution in [-0.2, 0) is 6.54 Å². The molecule has 0 spiro atoms. The van der Waals surface area contributed by atoms with Gasteiger partial charge in [0.15, 0.2) is 0 Å². The van der Waals surface area contributed by atoms with Crippen LogP contribution in [0.4, 0.5) is 5.82 Å². The molecule has 0 radical (unpaired) electrons. The molecule has 0 aromatic carbocycles. The fourth-order valence-electron chi connectivity index (χ4n) is 1.26. The minimum Gasteiger partial charge on any atom is -0.465 e. The molecule has 2 aromatic rings. The summed E-state index contributed by atoms with van der Waals surface area (Å²) < 4.78 is 5.77. The van der Waals surface area contributed by atoms with Gasteiger partial charge < -0.3 is 14.7 Å². The Morgan fingerprint density at radius 3 is 3.06 bits per heavy atom. The Balaban J connectivity index is 2.10. The molecule has 2 aromatic heterocycles. The number of H-pyrrole nitrogens is 1. The molecule has 2 rings (SSSR count). The molecule has 5 nitrogen and oxygen atoms in total. The maximum atomic E-state index is 11.2. The van der Waals surface area contributed by atoms with Crippen LogP contribution in [0.25, 0.3) is 0 Å². The van der Waals surface area contributed by atoms with Gasteiger partial charge in [0, 0.05) is 0 Å². The van der Waals surface area contributed by atoms with Gasteiger partial charge in [0.2, 0.25) is 0 Å². The fourth-order valence-corrected chi connectivity index (χ4v) is 1.61. The summed E-state index contributed by atoms with van der Waals surface area (Å²) in [7, 11) is 0. The Kier molecular flexibility index (Phi) is 3.09. The Morgan fingerprint density at radius 2 is 2.38 bits per heavy atom. The number of anilines is 1. The van der Waals surface area contributed by atoms with E-state index < -0.39 is 0 Å². The normalized spacial score (nSPS) is 10.4. The van der Waals surface area contributed by atoms with Gasteiger partial charge in [0.25, 0.3) is 5.56 Å². The Hall–Kier alpha value is -1.56. The molecular weight excluding hydrogens is 274 g/mol. The molecule has 84 valence electrons. The van der Waals surface area contributed by atoms with Crippen LogP contribution in [0.3, 0.4) is 0 Å². The van der Waals surface area contributed by atoms with Crippen molar-refractivity contribution < 1.29 is 4.42 Å². The van der Waals surface area contributed by atoms with Crippen LogP contribution in [0, 0.1) is 6.92 Å². The molecule has 0 fully saturated rings. The van der Waals surface area contributed by atoms with E-state index in [9.17, 15) is 4.79 Å². The van der Waals surface area contributed by atoms with Gasteiger partial charge in [-0.25, -0.2) is 4.98 Å². The van der Waals surface area contributed by atoms with E-state index in [0.717, 1.165) is 11.5 Å². The second kappa shape index (κ2) is 4.52. The lowest BCUT2D eigenvalue weighted by Crippen LogP contribution is -2.11. The second-order valence-corrected chi connectivity index (χ2v) is 4.05. The van der Waals surface area contributed by atoms with E-state index >= 15 is 0 Å². The van der Waals surface area contributed by atoms with Crippen molar-refractivity contribution in [1.82, 2.24) is 9.97 Å². The third-order valence-electron chi connectivity index (χ3n) is 2.02. The van der Waals surface area contributed by atoms with Crippen LogP contribution in [0.2, 0.25) is 0 Å². The summed E-state index contributed by atoms with van der Waals surface area (Å²) in [6.45, 7) is 2.37. The lowest BCUT2D eigenvalue weighted by atomic mass is 10.4. The van der Waals surface area contributed by atoms with Crippen LogP contribution in [0.1, 0.15) is 11.5 Å². The summed E-state index contributed by atoms with van der Waals surface area (Å²) in [4.78, 5) is 17.7. The van der Waals surface area contributed by atoms with Crippen molar-refractivity contribution in [3.05, 3.63) is 44.8 Å². The Labute approximate surface area is 100 Å². The fraction of sp³-hybridized carbons (Fsp3) is 0.200. The predicted octanol–water partition coefficient (Wildman–Crippen LogP) is 2.05. The van der Waals surface area contributed by atoms with Crippen molar-refractivity contribution >= 4 is 21.7 Å². The van der Waals surface area contributed by atoms with Crippen molar-refractivity contribution in [3.8, 4) is 0 Å². The van der Waals surface area contributed by atoms with E-state index in [1.54, 1.807) is 0 Å². The highest BCUT2D eigenvalue weighted by Crippen LogP contribution is 2.15. The van der Waals surface area contributed by atoms with E-state index in [-0.39, 0.29) is 5.56 Å². The summed E-state index contributed by atoms with van der Waals surface area (Å²) in [6.07, 6.45) is 1.35. The Morgan fingerprint density at radius 1 is 1.56 bits per heavy atom. The van der Waals surface area contributed by atoms with Crippen molar-refractivity contribution in [3.63, 3.8) is 0 Å². The maximum absolute atomic E-state index is 11.2. The molecule has 2 N–H and O–H groups in total. The summed E-state index contributed by atoms with van der Waals surface area (Å²) in [5.41, 5.74) is -0.215. The maximum Gasteiger partial charge on any atom is 0.267 e. The average molecular weight is 284 g/mol. The molecular formula is C10H10BrN3O2. The standard InChI is InChI=1S/C10H10BrN3O2/c1-6-2-3-7(16-6)4-12-9-8(11)10(15)14-5-13-9/h2-3,5H,4H2,1H3,(H2,12,13,14,15). The minimum atomic E-state index is -0.215. The van der Waals surface area contributed by atoms with Gasteiger partial charge in [0.1, 0.15) is 21.8 Å². The molecule has 0 saturated carbocycles. The van der Waals surface area contributed by atoms with Crippen molar-refractivity contribution in [1.29, 1.82) is 0 Å². The highest BCUT2D eigenvalue weighted by molar-refractivity contribution is 9.10. The number of nitrogens with zero attached hydrogens (tertiary/aromatic N) is 1. The molecule has 6 heteroatoms. The minimum absolute atomic E-state index is 0.215. The SMILES string of the molecule is Cc1ccc(CNc2nc[nH]c(=O)c2Br)o1. The smallest absolute Gasteiger partial charge is 0.267 e. The molecule has 0 aliphatic rings. The molecule has 16 heavy (non-hydrogen) atoms. The zero-order valence-electron chi connectivity index (χ0n) is 8.58. The zero-order chi connectivity index (χ0) is 11.5. The molecule has 0 amide bonds. The van der Waals surface area contributed by atoms with E-state index in [1.807, 2.05) is 19.1 Å². The highest BCUT2D eigenvalue weighted by Gasteiger charge is 2.05. The topological polar surface area (TPSA) is 70.9 Å². The average Bonchev–Trinajstić information content (AvgIpc) is 2.67. The number of hydrogen-bond acceptors (Lipinski definition) is 4. The number of aromatic nitrogens is 2. The second-order valence-electron chi connectivity index (χ2n) is 3.26. The number of furan rings is 1. The van der Waals surface area contributed by atoms with Crippen LogP contribution < -0.4 is 10.9 Å². The van der Waals surface area contributed by atoms with Crippen LogP contribution in [0.5, 0.6) is 0 Å². The van der Waals surface area contributed by atoms with Gasteiger partial charge >= 0.3 is 0 Å². The number of rotatable bonds is 3. The number of hydrogen-bond donors (Lipinski definition) is 2. The number of aryl methyl sites for hydroxylation is 1. The first-order valence-corrected chi connectivity index (χ1v) is 5.48. The molecule has 0 saturated heterocycles. The predicted molar refractivity (Wildman–Crippen MR) is 63.3 cm³/mol. The van der Waals surface area contributed by atoms with E-state index in [0.29, 0.717) is 16.8 Å². The molecule has 0 unspecified atom stereocenters. The Bertz CT molecular complexity index is 547. The number of nitrogens with one attached hydrogen (secondary N) is 2. The van der Waals surface area contributed by atoms with Crippen LogP contribution in [0.15, 0.2) is 32.1 Å². The number of halogens is 1. The summed E-state index contributed by atoms with van der Waals surface area (Å²) in [6, 6.07) is 3.76. The summed E-state index contributed by atoms with van der Waals surface area (Å²) in [5, 5.41) is 3.01. The zero-order valence-corrected chi connectivity index (χ0v) is 10.2. The van der Waals surface area contributed by atoms with Gasteiger partial charge in [0.05, 0.1) is 12.9 Å². The quantitative estimate of drug-likeness (QED) is 0.904. The molecule has 0 aliphatic heterocycles. The van der Waals surface area contributed by atoms with Crippen LogP contribution in [-0.4, -0.2) is 9.97 Å². The lowest BCUT2D eigenvalue weighted by molar-refractivity contribution is 0.490. The molecule has 0 bridgehead atoms. The van der Waals surface area contributed by atoms with Gasteiger partial charge in [-0.05, 0) is 35.0 Å². The molecule has 0 aliphatic carbocycles. The largest absolute Gasteiger partial charge is 0.465 e. The van der Waals surface area contributed by atoms with Gasteiger partial charge in [-0.15, -0.1) is 0 Å². The van der Waals surface area contributed by atoms with E-state index in [1.165, 1.54) is 6.33 Å². The van der Waals surface area contributed by atoms with Crippen LogP contribution >= 0.6 is 15.9 Å². The van der Waals surface area contributed by atoms with Crippen molar-refractivity contribution in [2.24, 2.45) is 0 Å². The molecule has 0 atom stereocenters. The number of aromatic amines is 1. The first kappa shape index (κ1) is 10.9. The molecule has 2 heterocycles. The first-order valence-electron chi connectivity index (χ1n) is 4.69. The lowest BCUT2D eigenvalue weighted by Gasteiger charge is -2.04. The van der Waals surface area contributed by atoms with Crippen molar-refractivity contribution in [2.75, 3.05) is 5.32 Å².